The Kier molecular flexibility index (Phi) is 4.85. The summed E-state index contributed by atoms with van der Waals surface area (Å²) in [5, 5.41) is 22.7. The molecule has 0 heterocycles. The van der Waals surface area contributed by atoms with Crippen molar-refractivity contribution in [2.24, 2.45) is 0 Å². The van der Waals surface area contributed by atoms with Crippen LogP contribution < -0.4 is 5.32 Å². The lowest BCUT2D eigenvalue weighted by molar-refractivity contribution is 0.0792. The van der Waals surface area contributed by atoms with Crippen LogP contribution in [0.15, 0.2) is 18.2 Å². The maximum absolute atomic E-state index is 13.5. The van der Waals surface area contributed by atoms with Gasteiger partial charge in [0, 0.05) is 24.2 Å². The minimum Gasteiger partial charge on any atom is -0.392 e. The molecular formula is C14H19F2NO2. The third kappa shape index (κ3) is 3.72. The summed E-state index contributed by atoms with van der Waals surface area (Å²) in [7, 11) is 0. The topological polar surface area (TPSA) is 52.5 Å². The van der Waals surface area contributed by atoms with Gasteiger partial charge in [0.05, 0.1) is 12.2 Å². The minimum absolute atomic E-state index is 0.0630. The highest BCUT2D eigenvalue weighted by atomic mass is 19.1. The van der Waals surface area contributed by atoms with Gasteiger partial charge >= 0.3 is 0 Å². The number of hydrogen-bond acceptors (Lipinski definition) is 3. The smallest absolute Gasteiger partial charge is 0.131 e. The fourth-order valence-electron chi connectivity index (χ4n) is 2.49. The van der Waals surface area contributed by atoms with E-state index in [0.29, 0.717) is 0 Å². The van der Waals surface area contributed by atoms with Crippen LogP contribution in [-0.2, 0) is 0 Å². The zero-order valence-electron chi connectivity index (χ0n) is 10.6. The molecule has 0 aliphatic heterocycles. The Bertz CT molecular complexity index is 428. The largest absolute Gasteiger partial charge is 0.392 e. The average Bonchev–Trinajstić information content (AvgIpc) is 2.37. The number of halogens is 2. The van der Waals surface area contributed by atoms with E-state index in [1.54, 1.807) is 0 Å². The molecule has 1 aliphatic rings. The minimum atomic E-state index is -1.05. The summed E-state index contributed by atoms with van der Waals surface area (Å²) in [6.45, 7) is 0.143. The van der Waals surface area contributed by atoms with Crippen molar-refractivity contribution in [1.29, 1.82) is 0 Å². The van der Waals surface area contributed by atoms with Gasteiger partial charge in [-0.15, -0.1) is 0 Å². The third-order valence-electron chi connectivity index (χ3n) is 3.62. The van der Waals surface area contributed by atoms with Gasteiger partial charge in [-0.3, -0.25) is 0 Å². The number of nitrogens with one attached hydrogen (secondary N) is 1. The molecule has 0 spiro atoms. The van der Waals surface area contributed by atoms with E-state index in [1.807, 2.05) is 0 Å². The molecule has 19 heavy (non-hydrogen) atoms. The lowest BCUT2D eigenvalue weighted by atomic mass is 9.92. The Morgan fingerprint density at radius 3 is 2.68 bits per heavy atom. The van der Waals surface area contributed by atoms with E-state index >= 15 is 0 Å². The van der Waals surface area contributed by atoms with Crippen molar-refractivity contribution in [2.75, 3.05) is 6.54 Å². The third-order valence-corrected chi connectivity index (χ3v) is 3.62. The summed E-state index contributed by atoms with van der Waals surface area (Å²) in [4.78, 5) is 0. The van der Waals surface area contributed by atoms with Gasteiger partial charge in [-0.25, -0.2) is 8.78 Å². The van der Waals surface area contributed by atoms with Crippen molar-refractivity contribution >= 4 is 0 Å². The molecule has 3 N–H and O–H groups in total. The lowest BCUT2D eigenvalue weighted by Gasteiger charge is -2.29. The fourth-order valence-corrected chi connectivity index (χ4v) is 2.49. The summed E-state index contributed by atoms with van der Waals surface area (Å²) >= 11 is 0. The van der Waals surface area contributed by atoms with Crippen LogP contribution in [-0.4, -0.2) is 28.9 Å². The summed E-state index contributed by atoms with van der Waals surface area (Å²) in [6.07, 6.45) is 2.18. The zero-order chi connectivity index (χ0) is 13.8. The first-order valence-corrected chi connectivity index (χ1v) is 6.62. The van der Waals surface area contributed by atoms with E-state index in [0.717, 1.165) is 37.8 Å². The molecule has 3 atom stereocenters. The number of aliphatic hydroxyl groups excluding tert-OH is 2. The summed E-state index contributed by atoms with van der Waals surface area (Å²) in [5.41, 5.74) is 0.0687. The highest BCUT2D eigenvalue weighted by Gasteiger charge is 2.23. The number of aliphatic hydroxyl groups is 2. The van der Waals surface area contributed by atoms with E-state index in [9.17, 15) is 19.0 Å². The van der Waals surface area contributed by atoms with Crippen molar-refractivity contribution in [2.45, 2.75) is 43.9 Å². The van der Waals surface area contributed by atoms with Crippen LogP contribution in [0.5, 0.6) is 0 Å². The first-order valence-electron chi connectivity index (χ1n) is 6.62. The molecule has 1 aromatic carbocycles. The Morgan fingerprint density at radius 2 is 2.00 bits per heavy atom. The van der Waals surface area contributed by atoms with Gasteiger partial charge < -0.3 is 15.5 Å². The van der Waals surface area contributed by atoms with Gasteiger partial charge in [-0.05, 0) is 18.9 Å². The molecule has 1 saturated carbocycles. The van der Waals surface area contributed by atoms with Gasteiger partial charge in [-0.1, -0.05) is 18.9 Å². The Hall–Kier alpha value is -1.04. The maximum Gasteiger partial charge on any atom is 0.131 e. The summed E-state index contributed by atoms with van der Waals surface area (Å²) < 4.78 is 26.2. The molecule has 1 aliphatic carbocycles. The van der Waals surface area contributed by atoms with E-state index in [4.69, 9.17) is 0 Å². The molecule has 0 radical (unpaired) electrons. The Morgan fingerprint density at radius 1 is 1.26 bits per heavy atom. The average molecular weight is 271 g/mol. The predicted molar refractivity (Wildman–Crippen MR) is 67.6 cm³/mol. The first-order chi connectivity index (χ1) is 9.08. The van der Waals surface area contributed by atoms with Crippen molar-refractivity contribution < 1.29 is 19.0 Å². The molecule has 5 heteroatoms. The monoisotopic (exact) mass is 271 g/mol. The number of rotatable bonds is 4. The van der Waals surface area contributed by atoms with E-state index < -0.39 is 23.8 Å². The predicted octanol–water partition coefficient (Wildman–Crippen LogP) is 1.89. The molecule has 0 aromatic heterocycles. The molecule has 2 rings (SSSR count). The SMILES string of the molecule is OC(CNC1CCCCC1O)c1ccc(F)cc1F. The van der Waals surface area contributed by atoms with Gasteiger partial charge in [0.15, 0.2) is 0 Å². The first kappa shape index (κ1) is 14.4. The van der Waals surface area contributed by atoms with E-state index in [1.165, 1.54) is 6.07 Å². The van der Waals surface area contributed by atoms with Gasteiger partial charge in [0.1, 0.15) is 11.6 Å². The maximum atomic E-state index is 13.5. The lowest BCUT2D eigenvalue weighted by Crippen LogP contribution is -2.43. The van der Waals surface area contributed by atoms with Crippen LogP contribution in [0.3, 0.4) is 0 Å². The number of hydrogen-bond donors (Lipinski definition) is 3. The van der Waals surface area contributed by atoms with Crippen molar-refractivity contribution in [3.8, 4) is 0 Å². The van der Waals surface area contributed by atoms with Crippen LogP contribution in [0.4, 0.5) is 8.78 Å². The molecule has 0 saturated heterocycles. The van der Waals surface area contributed by atoms with Crippen molar-refractivity contribution in [1.82, 2.24) is 5.32 Å². The molecule has 3 unspecified atom stereocenters. The molecule has 1 fully saturated rings. The normalized spacial score (nSPS) is 25.3. The zero-order valence-corrected chi connectivity index (χ0v) is 10.6. The second-order valence-corrected chi connectivity index (χ2v) is 5.05. The number of benzene rings is 1. The van der Waals surface area contributed by atoms with Gasteiger partial charge in [0.2, 0.25) is 0 Å². The van der Waals surface area contributed by atoms with Crippen LogP contribution >= 0.6 is 0 Å². The standard InChI is InChI=1S/C14H19F2NO2/c15-9-5-6-10(11(16)7-9)14(19)8-17-12-3-1-2-4-13(12)18/h5-7,12-14,17-19H,1-4,8H2. The van der Waals surface area contributed by atoms with Crippen LogP contribution in [0.2, 0.25) is 0 Å². The Balaban J connectivity index is 1.91. The van der Waals surface area contributed by atoms with E-state index in [-0.39, 0.29) is 18.2 Å². The van der Waals surface area contributed by atoms with Gasteiger partial charge in [0.25, 0.3) is 0 Å². The second kappa shape index (κ2) is 6.41. The van der Waals surface area contributed by atoms with Crippen LogP contribution in [0.25, 0.3) is 0 Å². The molecule has 0 bridgehead atoms. The van der Waals surface area contributed by atoms with Crippen molar-refractivity contribution in [3.63, 3.8) is 0 Å². The molecule has 106 valence electrons. The molecule has 3 nitrogen and oxygen atoms in total. The van der Waals surface area contributed by atoms with Gasteiger partial charge in [-0.2, -0.15) is 0 Å². The van der Waals surface area contributed by atoms with Crippen LogP contribution in [0.1, 0.15) is 37.4 Å². The summed E-state index contributed by atoms with van der Waals surface area (Å²) in [5.74, 6) is -1.41. The molecule has 1 aromatic rings. The fraction of sp³-hybridized carbons (Fsp3) is 0.571. The summed E-state index contributed by atoms with van der Waals surface area (Å²) in [6, 6.07) is 3.06. The van der Waals surface area contributed by atoms with Crippen LogP contribution in [0, 0.1) is 11.6 Å². The Labute approximate surface area is 111 Å². The van der Waals surface area contributed by atoms with E-state index in [2.05, 4.69) is 5.32 Å². The molecular weight excluding hydrogens is 252 g/mol. The quantitative estimate of drug-likeness (QED) is 0.784. The highest BCUT2D eigenvalue weighted by Crippen LogP contribution is 2.21. The second-order valence-electron chi connectivity index (χ2n) is 5.05. The highest BCUT2D eigenvalue weighted by molar-refractivity contribution is 5.21. The molecule has 0 amide bonds. The van der Waals surface area contributed by atoms with Crippen molar-refractivity contribution in [3.05, 3.63) is 35.4 Å².